The highest BCUT2D eigenvalue weighted by Gasteiger charge is 2.16. The van der Waals surface area contributed by atoms with Crippen LogP contribution in [0, 0.1) is 5.92 Å². The third-order valence-corrected chi connectivity index (χ3v) is 3.47. The van der Waals surface area contributed by atoms with Crippen LogP contribution in [0.5, 0.6) is 0 Å². The van der Waals surface area contributed by atoms with E-state index in [2.05, 4.69) is 64.0 Å². The van der Waals surface area contributed by atoms with Gasteiger partial charge in [0, 0.05) is 24.2 Å². The Morgan fingerprint density at radius 3 is 2.47 bits per heavy atom. The van der Waals surface area contributed by atoms with Crippen molar-refractivity contribution >= 4 is 0 Å². The van der Waals surface area contributed by atoms with Gasteiger partial charge in [0.05, 0.1) is 12.2 Å². The smallest absolute Gasteiger partial charge is 0.151 e. The maximum Gasteiger partial charge on any atom is 0.151 e. The van der Waals surface area contributed by atoms with Gasteiger partial charge in [-0.25, -0.2) is 0 Å². The van der Waals surface area contributed by atoms with Crippen LogP contribution in [0.4, 0.5) is 0 Å². The lowest BCUT2D eigenvalue weighted by molar-refractivity contribution is 0.180. The molecule has 0 aromatic carbocycles. The minimum absolute atomic E-state index is 0.0993. The average molecular weight is 267 g/mol. The maximum atomic E-state index is 5.40. The summed E-state index contributed by atoms with van der Waals surface area (Å²) in [5.74, 6) is 1.57. The first-order chi connectivity index (χ1) is 8.69. The topological polar surface area (TPSA) is 41.3 Å². The third-order valence-electron chi connectivity index (χ3n) is 3.47. The standard InChI is InChI=1S/C15H29N3O/c1-11(2)12(3)18(7)10-14-8-13(17-19-14)9-16-15(4,5)6/h8,11-12,16H,9-10H2,1-7H3. The molecule has 1 atom stereocenters. The van der Waals surface area contributed by atoms with E-state index in [0.29, 0.717) is 12.0 Å². The van der Waals surface area contributed by atoms with E-state index in [0.717, 1.165) is 24.5 Å². The van der Waals surface area contributed by atoms with E-state index in [1.165, 1.54) is 0 Å². The van der Waals surface area contributed by atoms with Crippen molar-refractivity contribution in [2.75, 3.05) is 7.05 Å². The van der Waals surface area contributed by atoms with E-state index < -0.39 is 0 Å². The molecule has 0 radical (unpaired) electrons. The van der Waals surface area contributed by atoms with Gasteiger partial charge in [-0.05, 0) is 40.7 Å². The van der Waals surface area contributed by atoms with Crippen molar-refractivity contribution < 1.29 is 4.52 Å². The Hall–Kier alpha value is -0.870. The fourth-order valence-electron chi connectivity index (χ4n) is 1.77. The van der Waals surface area contributed by atoms with Crippen molar-refractivity contribution in [1.29, 1.82) is 0 Å². The highest BCUT2D eigenvalue weighted by Crippen LogP contribution is 2.13. The monoisotopic (exact) mass is 267 g/mol. The molecule has 0 saturated heterocycles. The lowest BCUT2D eigenvalue weighted by Crippen LogP contribution is -2.35. The molecular weight excluding hydrogens is 238 g/mol. The predicted octanol–water partition coefficient (Wildman–Crippen LogP) is 3.04. The Morgan fingerprint density at radius 2 is 1.95 bits per heavy atom. The largest absolute Gasteiger partial charge is 0.360 e. The fraction of sp³-hybridized carbons (Fsp3) is 0.800. The first kappa shape index (κ1) is 16.2. The molecule has 0 aliphatic rings. The maximum absolute atomic E-state index is 5.40. The summed E-state index contributed by atoms with van der Waals surface area (Å²) >= 11 is 0. The summed E-state index contributed by atoms with van der Waals surface area (Å²) in [6, 6.07) is 2.57. The molecule has 1 aromatic rings. The summed E-state index contributed by atoms with van der Waals surface area (Å²) in [5, 5.41) is 7.52. The Bertz CT molecular complexity index is 379. The van der Waals surface area contributed by atoms with E-state index in [4.69, 9.17) is 4.52 Å². The molecule has 4 heteroatoms. The van der Waals surface area contributed by atoms with E-state index in [1.54, 1.807) is 0 Å². The number of hydrogen-bond acceptors (Lipinski definition) is 4. The summed E-state index contributed by atoms with van der Waals surface area (Å²) in [6.07, 6.45) is 0. The van der Waals surface area contributed by atoms with Crippen LogP contribution in [0.15, 0.2) is 10.6 Å². The SMILES string of the molecule is CC(C)C(C)N(C)Cc1cc(CNC(C)(C)C)no1. The zero-order valence-electron chi connectivity index (χ0n) is 13.4. The average Bonchev–Trinajstić information content (AvgIpc) is 2.72. The van der Waals surface area contributed by atoms with Gasteiger partial charge in [0.2, 0.25) is 0 Å². The Morgan fingerprint density at radius 1 is 1.32 bits per heavy atom. The Kier molecular flexibility index (Phi) is 5.56. The Labute approximate surface area is 117 Å². The molecule has 0 fully saturated rings. The molecule has 19 heavy (non-hydrogen) atoms. The molecule has 0 aliphatic carbocycles. The molecule has 1 aromatic heterocycles. The minimum atomic E-state index is 0.0993. The van der Waals surface area contributed by atoms with Crippen LogP contribution in [-0.4, -0.2) is 28.7 Å². The highest BCUT2D eigenvalue weighted by molar-refractivity contribution is 5.05. The van der Waals surface area contributed by atoms with Crippen LogP contribution in [0.2, 0.25) is 0 Å². The van der Waals surface area contributed by atoms with Gasteiger partial charge in [-0.2, -0.15) is 0 Å². The molecule has 4 nitrogen and oxygen atoms in total. The Balaban J connectivity index is 2.51. The minimum Gasteiger partial charge on any atom is -0.360 e. The second-order valence-corrected chi connectivity index (χ2v) is 6.79. The van der Waals surface area contributed by atoms with Crippen molar-refractivity contribution in [2.45, 2.75) is 66.2 Å². The van der Waals surface area contributed by atoms with Crippen molar-refractivity contribution in [1.82, 2.24) is 15.4 Å². The number of hydrogen-bond donors (Lipinski definition) is 1. The summed E-state index contributed by atoms with van der Waals surface area (Å²) in [4.78, 5) is 2.30. The molecule has 110 valence electrons. The quantitative estimate of drug-likeness (QED) is 0.860. The van der Waals surface area contributed by atoms with Crippen LogP contribution >= 0.6 is 0 Å². The van der Waals surface area contributed by atoms with Crippen molar-refractivity contribution in [3.05, 3.63) is 17.5 Å². The van der Waals surface area contributed by atoms with Crippen LogP contribution in [0.3, 0.4) is 0 Å². The van der Waals surface area contributed by atoms with Gasteiger partial charge in [0.15, 0.2) is 5.76 Å². The first-order valence-electron chi connectivity index (χ1n) is 7.09. The van der Waals surface area contributed by atoms with Gasteiger partial charge in [-0.15, -0.1) is 0 Å². The molecule has 0 spiro atoms. The van der Waals surface area contributed by atoms with Gasteiger partial charge >= 0.3 is 0 Å². The van der Waals surface area contributed by atoms with Gasteiger partial charge < -0.3 is 9.84 Å². The fourth-order valence-corrected chi connectivity index (χ4v) is 1.77. The van der Waals surface area contributed by atoms with Gasteiger partial charge in [0.1, 0.15) is 0 Å². The normalized spacial score (nSPS) is 14.4. The van der Waals surface area contributed by atoms with E-state index >= 15 is 0 Å². The third kappa shape index (κ3) is 5.74. The zero-order valence-corrected chi connectivity index (χ0v) is 13.4. The van der Waals surface area contributed by atoms with Crippen molar-refractivity contribution in [2.24, 2.45) is 5.92 Å². The van der Waals surface area contributed by atoms with Crippen molar-refractivity contribution in [3.8, 4) is 0 Å². The molecule has 1 heterocycles. The first-order valence-corrected chi connectivity index (χ1v) is 7.09. The summed E-state index contributed by atoms with van der Waals surface area (Å²) < 4.78 is 5.40. The summed E-state index contributed by atoms with van der Waals surface area (Å²) in [5.41, 5.74) is 1.07. The van der Waals surface area contributed by atoms with Gasteiger partial charge in [-0.3, -0.25) is 4.90 Å². The summed E-state index contributed by atoms with van der Waals surface area (Å²) in [7, 11) is 2.13. The zero-order chi connectivity index (χ0) is 14.6. The lowest BCUT2D eigenvalue weighted by Gasteiger charge is -2.26. The number of nitrogens with zero attached hydrogens (tertiary/aromatic N) is 2. The molecule has 0 bridgehead atoms. The lowest BCUT2D eigenvalue weighted by atomic mass is 10.1. The van der Waals surface area contributed by atoms with Crippen LogP contribution < -0.4 is 5.32 Å². The molecular formula is C15H29N3O. The number of aromatic nitrogens is 1. The van der Waals surface area contributed by atoms with Crippen molar-refractivity contribution in [3.63, 3.8) is 0 Å². The van der Waals surface area contributed by atoms with Gasteiger partial charge in [-0.1, -0.05) is 19.0 Å². The summed E-state index contributed by atoms with van der Waals surface area (Å²) in [6.45, 7) is 14.7. The molecule has 1 unspecified atom stereocenters. The van der Waals surface area contributed by atoms with E-state index in [-0.39, 0.29) is 5.54 Å². The van der Waals surface area contributed by atoms with E-state index in [1.807, 2.05) is 6.07 Å². The van der Waals surface area contributed by atoms with Crippen LogP contribution in [-0.2, 0) is 13.1 Å². The molecule has 1 rings (SSSR count). The van der Waals surface area contributed by atoms with Gasteiger partial charge in [0.25, 0.3) is 0 Å². The second-order valence-electron chi connectivity index (χ2n) is 6.79. The van der Waals surface area contributed by atoms with Crippen LogP contribution in [0.25, 0.3) is 0 Å². The molecule has 1 N–H and O–H groups in total. The molecule has 0 amide bonds. The highest BCUT2D eigenvalue weighted by atomic mass is 16.5. The number of nitrogens with one attached hydrogen (secondary N) is 1. The molecule has 0 saturated carbocycles. The van der Waals surface area contributed by atoms with Crippen LogP contribution in [0.1, 0.15) is 53.0 Å². The van der Waals surface area contributed by atoms with E-state index in [9.17, 15) is 0 Å². The second kappa shape index (κ2) is 6.53. The number of rotatable bonds is 6. The molecule has 0 aliphatic heterocycles. The predicted molar refractivity (Wildman–Crippen MR) is 78.9 cm³/mol.